The van der Waals surface area contributed by atoms with Crippen molar-refractivity contribution in [1.29, 1.82) is 0 Å². The topological polar surface area (TPSA) is 92.9 Å². The first kappa shape index (κ1) is 13.0. The summed E-state index contributed by atoms with van der Waals surface area (Å²) in [4.78, 5) is 20.4. The molecule has 0 radical (unpaired) electrons. The molecule has 2 aromatic heterocycles. The molecule has 2 heterocycles. The molecule has 0 saturated heterocycles. The molecule has 0 spiro atoms. The van der Waals surface area contributed by atoms with Crippen molar-refractivity contribution in [1.82, 2.24) is 9.97 Å². The zero-order valence-corrected chi connectivity index (χ0v) is 10.8. The highest BCUT2D eigenvalue weighted by Gasteiger charge is 2.09. The third-order valence-corrected chi connectivity index (χ3v) is 2.49. The minimum Gasteiger partial charge on any atom is -0.308 e. The van der Waals surface area contributed by atoms with E-state index in [2.05, 4.69) is 20.7 Å². The smallest absolute Gasteiger partial charge is 0.257 e. The summed E-state index contributed by atoms with van der Waals surface area (Å²) in [5.41, 5.74) is 4.45. The number of aromatic nitrogens is 2. The van der Waals surface area contributed by atoms with Gasteiger partial charge in [0.1, 0.15) is 11.6 Å². The summed E-state index contributed by atoms with van der Waals surface area (Å²) in [5.74, 6) is 6.02. The van der Waals surface area contributed by atoms with Crippen LogP contribution in [0.2, 0.25) is 0 Å². The van der Waals surface area contributed by atoms with E-state index in [9.17, 15) is 4.79 Å². The number of aryl methyl sites for hydroxylation is 2. The molecule has 0 fully saturated rings. The highest BCUT2D eigenvalue weighted by molar-refractivity contribution is 6.04. The first-order valence-electron chi connectivity index (χ1n) is 5.79. The normalized spacial score (nSPS) is 10.1. The molecule has 4 N–H and O–H groups in total. The molecular formula is C13H15N5O. The van der Waals surface area contributed by atoms with Crippen molar-refractivity contribution in [3.05, 3.63) is 47.3 Å². The summed E-state index contributed by atoms with van der Waals surface area (Å²) < 4.78 is 0. The Morgan fingerprint density at radius 3 is 2.53 bits per heavy atom. The molecule has 0 aliphatic carbocycles. The monoisotopic (exact) mass is 257 g/mol. The average Bonchev–Trinajstić information content (AvgIpc) is 2.38. The zero-order chi connectivity index (χ0) is 13.8. The number of hydrazine groups is 1. The molecular weight excluding hydrogens is 242 g/mol. The molecule has 98 valence electrons. The number of hydrogen-bond acceptors (Lipinski definition) is 5. The van der Waals surface area contributed by atoms with E-state index in [1.807, 2.05) is 19.1 Å². The van der Waals surface area contributed by atoms with Crippen LogP contribution in [-0.2, 0) is 0 Å². The van der Waals surface area contributed by atoms with Gasteiger partial charge in [-0.25, -0.2) is 15.8 Å². The number of nitrogens with two attached hydrogens (primary N) is 1. The van der Waals surface area contributed by atoms with Crippen LogP contribution >= 0.6 is 0 Å². The Bertz CT molecular complexity index is 612. The summed E-state index contributed by atoms with van der Waals surface area (Å²) in [6, 6.07) is 8.70. The molecule has 0 unspecified atom stereocenters. The molecule has 1 amide bonds. The Hall–Kier alpha value is -2.47. The molecule has 6 heteroatoms. The van der Waals surface area contributed by atoms with Gasteiger partial charge >= 0.3 is 0 Å². The van der Waals surface area contributed by atoms with Crippen LogP contribution in [0.25, 0.3) is 0 Å². The van der Waals surface area contributed by atoms with Crippen molar-refractivity contribution in [3.63, 3.8) is 0 Å². The number of nitrogen functional groups attached to an aromatic ring is 1. The Morgan fingerprint density at radius 1 is 1.11 bits per heavy atom. The molecule has 2 aromatic rings. The van der Waals surface area contributed by atoms with Gasteiger partial charge in [0, 0.05) is 17.0 Å². The van der Waals surface area contributed by atoms with E-state index in [1.54, 1.807) is 25.1 Å². The number of amides is 1. The summed E-state index contributed by atoms with van der Waals surface area (Å²) in [5, 5.41) is 2.73. The molecule has 0 aliphatic heterocycles. The van der Waals surface area contributed by atoms with Gasteiger partial charge in [0.25, 0.3) is 5.91 Å². The number of anilines is 2. The van der Waals surface area contributed by atoms with Gasteiger partial charge in [-0.2, -0.15) is 0 Å². The van der Waals surface area contributed by atoms with E-state index >= 15 is 0 Å². The zero-order valence-electron chi connectivity index (χ0n) is 10.8. The van der Waals surface area contributed by atoms with E-state index in [0.29, 0.717) is 22.9 Å². The van der Waals surface area contributed by atoms with E-state index in [1.165, 1.54) is 0 Å². The Balaban J connectivity index is 2.22. The lowest BCUT2D eigenvalue weighted by Gasteiger charge is -2.07. The number of carbonyl (C=O) groups is 1. The molecule has 0 saturated carbocycles. The maximum absolute atomic E-state index is 12.1. The van der Waals surface area contributed by atoms with E-state index in [4.69, 9.17) is 5.84 Å². The number of carbonyl (C=O) groups excluding carboxylic acids is 1. The second-order valence-corrected chi connectivity index (χ2v) is 4.15. The quantitative estimate of drug-likeness (QED) is 0.574. The fraction of sp³-hybridized carbons (Fsp3) is 0.154. The molecule has 6 nitrogen and oxygen atoms in total. The lowest BCUT2D eigenvalue weighted by atomic mass is 10.2. The number of hydrogen-bond donors (Lipinski definition) is 3. The molecule has 0 bridgehead atoms. The SMILES string of the molecule is Cc1cc(C(=O)Nc2cccc(C)n2)cc(NN)n1. The van der Waals surface area contributed by atoms with Gasteiger partial charge in [0.2, 0.25) is 0 Å². The highest BCUT2D eigenvalue weighted by atomic mass is 16.1. The number of nitrogens with one attached hydrogen (secondary N) is 2. The predicted octanol–water partition coefficient (Wildman–Crippen LogP) is 1.63. The highest BCUT2D eigenvalue weighted by Crippen LogP contribution is 2.12. The van der Waals surface area contributed by atoms with Crippen molar-refractivity contribution >= 4 is 17.5 Å². The average molecular weight is 257 g/mol. The summed E-state index contributed by atoms with van der Waals surface area (Å²) >= 11 is 0. The molecule has 2 rings (SSSR count). The fourth-order valence-corrected chi connectivity index (χ4v) is 1.67. The molecule has 0 aromatic carbocycles. The van der Waals surface area contributed by atoms with Crippen LogP contribution in [0.15, 0.2) is 30.3 Å². The van der Waals surface area contributed by atoms with Gasteiger partial charge in [-0.1, -0.05) is 6.07 Å². The molecule has 0 aliphatic rings. The third-order valence-electron chi connectivity index (χ3n) is 2.49. The van der Waals surface area contributed by atoms with Gasteiger partial charge in [-0.15, -0.1) is 0 Å². The van der Waals surface area contributed by atoms with Crippen molar-refractivity contribution < 1.29 is 4.79 Å². The van der Waals surface area contributed by atoms with E-state index in [-0.39, 0.29) is 5.91 Å². The molecule has 19 heavy (non-hydrogen) atoms. The second kappa shape index (κ2) is 5.45. The van der Waals surface area contributed by atoms with Crippen LogP contribution in [0, 0.1) is 13.8 Å². The van der Waals surface area contributed by atoms with Crippen LogP contribution in [0.1, 0.15) is 21.7 Å². The minimum absolute atomic E-state index is 0.250. The van der Waals surface area contributed by atoms with Gasteiger partial charge in [-0.05, 0) is 38.1 Å². The lowest BCUT2D eigenvalue weighted by Crippen LogP contribution is -2.15. The Morgan fingerprint density at radius 2 is 1.84 bits per heavy atom. The fourth-order valence-electron chi connectivity index (χ4n) is 1.67. The standard InChI is InChI=1S/C13H15N5O/c1-8-4-3-5-11(15-8)17-13(19)10-6-9(2)16-12(7-10)18-14/h3-7H,14H2,1-2H3,(H,16,18)(H,15,17,19). The first-order chi connectivity index (χ1) is 9.08. The van der Waals surface area contributed by atoms with Crippen molar-refractivity contribution in [2.24, 2.45) is 5.84 Å². The largest absolute Gasteiger partial charge is 0.308 e. The van der Waals surface area contributed by atoms with Crippen molar-refractivity contribution in [2.45, 2.75) is 13.8 Å². The second-order valence-electron chi connectivity index (χ2n) is 4.15. The predicted molar refractivity (Wildman–Crippen MR) is 73.7 cm³/mol. The van der Waals surface area contributed by atoms with Crippen LogP contribution < -0.4 is 16.6 Å². The number of pyridine rings is 2. The maximum atomic E-state index is 12.1. The maximum Gasteiger partial charge on any atom is 0.257 e. The summed E-state index contributed by atoms with van der Waals surface area (Å²) in [7, 11) is 0. The van der Waals surface area contributed by atoms with Gasteiger partial charge < -0.3 is 10.7 Å². The van der Waals surface area contributed by atoms with Gasteiger partial charge in [0.05, 0.1) is 0 Å². The molecule has 0 atom stereocenters. The van der Waals surface area contributed by atoms with Crippen LogP contribution in [0.4, 0.5) is 11.6 Å². The minimum atomic E-state index is -0.250. The van der Waals surface area contributed by atoms with Gasteiger partial charge in [0.15, 0.2) is 0 Å². The number of rotatable bonds is 3. The first-order valence-corrected chi connectivity index (χ1v) is 5.79. The van der Waals surface area contributed by atoms with Gasteiger partial charge in [-0.3, -0.25) is 4.79 Å². The summed E-state index contributed by atoms with van der Waals surface area (Å²) in [6.45, 7) is 3.66. The van der Waals surface area contributed by atoms with Crippen molar-refractivity contribution in [3.8, 4) is 0 Å². The lowest BCUT2D eigenvalue weighted by molar-refractivity contribution is 0.102. The van der Waals surface area contributed by atoms with Crippen LogP contribution in [0.5, 0.6) is 0 Å². The van der Waals surface area contributed by atoms with Crippen LogP contribution in [-0.4, -0.2) is 15.9 Å². The number of nitrogens with zero attached hydrogens (tertiary/aromatic N) is 2. The van der Waals surface area contributed by atoms with E-state index < -0.39 is 0 Å². The van der Waals surface area contributed by atoms with Crippen LogP contribution in [0.3, 0.4) is 0 Å². The van der Waals surface area contributed by atoms with Crippen molar-refractivity contribution in [2.75, 3.05) is 10.7 Å². The van der Waals surface area contributed by atoms with E-state index in [0.717, 1.165) is 5.69 Å². The Kier molecular flexibility index (Phi) is 3.72. The third kappa shape index (κ3) is 3.26. The Labute approximate surface area is 111 Å². The summed E-state index contributed by atoms with van der Waals surface area (Å²) in [6.07, 6.45) is 0.